The zero-order chi connectivity index (χ0) is 26.8. The lowest BCUT2D eigenvalue weighted by Gasteiger charge is -2.35. The number of anilines is 1. The van der Waals surface area contributed by atoms with Crippen molar-refractivity contribution in [3.8, 4) is 0 Å². The summed E-state index contributed by atoms with van der Waals surface area (Å²) in [5.41, 5.74) is 10.2. The first kappa shape index (κ1) is 26.4. The van der Waals surface area contributed by atoms with Gasteiger partial charge in [0, 0.05) is 0 Å². The molecule has 0 bridgehead atoms. The highest BCUT2D eigenvalue weighted by Crippen LogP contribution is 2.48. The number of phosphoric ester groups is 1. The second kappa shape index (κ2) is 10.0. The molecule has 1 aliphatic heterocycles. The summed E-state index contributed by atoms with van der Waals surface area (Å²) < 4.78 is 27.6. The summed E-state index contributed by atoms with van der Waals surface area (Å²) in [5, 5.41) is 33.1. The number of hydrazine groups is 1. The Hall–Kier alpha value is -3.67. The molecule has 0 unspecified atom stereocenters. The predicted octanol–water partition coefficient (Wildman–Crippen LogP) is -1.11. The summed E-state index contributed by atoms with van der Waals surface area (Å²) in [6.07, 6.45) is 0.832. The van der Waals surface area contributed by atoms with Crippen LogP contribution >= 0.6 is 7.82 Å². The number of hydrogen-bond donors (Lipinski definition) is 8. The van der Waals surface area contributed by atoms with E-state index in [1.165, 1.54) is 6.08 Å². The maximum Gasteiger partial charge on any atom is 0.469 e. The maximum absolute atomic E-state index is 11.4. The Morgan fingerprint density at radius 2 is 1.95 bits per heavy atom. The van der Waals surface area contributed by atoms with E-state index in [2.05, 4.69) is 30.3 Å². The predicted molar refractivity (Wildman–Crippen MR) is 122 cm³/mol. The fourth-order valence-electron chi connectivity index (χ4n) is 3.49. The number of aromatic nitrogens is 4. The van der Waals surface area contributed by atoms with Gasteiger partial charge in [0.25, 0.3) is 5.79 Å². The van der Waals surface area contributed by atoms with E-state index < -0.39 is 44.4 Å². The van der Waals surface area contributed by atoms with Gasteiger partial charge in [0.2, 0.25) is 6.23 Å². The molecule has 0 radical (unpaired) electrons. The molecular weight excluding hydrogens is 517 g/mol. The van der Waals surface area contributed by atoms with Gasteiger partial charge in [-0.15, -0.1) is 0 Å². The number of carbonyl (C=O) groups is 1. The van der Waals surface area contributed by atoms with E-state index in [1.807, 2.05) is 0 Å². The van der Waals surface area contributed by atoms with Crippen LogP contribution in [0.1, 0.15) is 11.8 Å². The number of benzene rings is 1. The number of aliphatic hydroxyl groups is 3. The lowest BCUT2D eigenvalue weighted by Crippen LogP contribution is -2.59. The average molecular weight is 539 g/mol. The number of rotatable bonds is 9. The summed E-state index contributed by atoms with van der Waals surface area (Å²) in [5.74, 6) is -6.26. The number of ether oxygens (including phenoxy) is 2. The quantitative estimate of drug-likeness (QED) is 0.0694. The van der Waals surface area contributed by atoms with E-state index in [9.17, 15) is 24.7 Å². The van der Waals surface area contributed by atoms with Gasteiger partial charge >= 0.3 is 19.6 Å². The summed E-state index contributed by atoms with van der Waals surface area (Å²) >= 11 is 0. The van der Waals surface area contributed by atoms with Crippen molar-refractivity contribution in [1.82, 2.24) is 24.9 Å². The van der Waals surface area contributed by atoms with Crippen molar-refractivity contribution in [2.75, 3.05) is 12.0 Å². The third kappa shape index (κ3) is 5.38. The second-order valence-electron chi connectivity index (χ2n) is 7.68. The van der Waals surface area contributed by atoms with Crippen molar-refractivity contribution in [3.05, 3.63) is 54.8 Å². The third-order valence-corrected chi connectivity index (χ3v) is 5.71. The van der Waals surface area contributed by atoms with Gasteiger partial charge in [-0.05, 0) is 11.6 Å². The first-order chi connectivity index (χ1) is 17.4. The van der Waals surface area contributed by atoms with Crippen LogP contribution in [0.4, 0.5) is 10.6 Å². The molecule has 17 nitrogen and oxygen atoms in total. The maximum atomic E-state index is 11.4. The minimum absolute atomic E-state index is 0.00498. The molecule has 3 heterocycles. The fraction of sp³-hybridized carbons (Fsp3) is 0.263. The summed E-state index contributed by atoms with van der Waals surface area (Å²) in [6.45, 7) is -1.04. The number of hydrogen-bond acceptors (Lipinski definition) is 12. The Bertz CT molecular complexity index is 1350. The van der Waals surface area contributed by atoms with Gasteiger partial charge in [-0.3, -0.25) is 19.9 Å². The number of fused-ring (bicyclic) bond motifs is 1. The molecule has 198 valence electrons. The number of primary amides is 1. The minimum atomic E-state index is -5.05. The van der Waals surface area contributed by atoms with Crippen LogP contribution in [-0.2, 0) is 18.6 Å². The molecule has 2 amide bonds. The number of nitrogens with two attached hydrogens (primary N) is 1. The van der Waals surface area contributed by atoms with Gasteiger partial charge in [0.05, 0.1) is 19.2 Å². The molecule has 2 aromatic heterocycles. The van der Waals surface area contributed by atoms with Crippen molar-refractivity contribution in [3.63, 3.8) is 0 Å². The average Bonchev–Trinajstić information content (AvgIpc) is 3.34. The summed E-state index contributed by atoms with van der Waals surface area (Å²) in [6, 6.07) is 7.76. The van der Waals surface area contributed by atoms with Crippen LogP contribution in [-0.4, -0.2) is 74.9 Å². The highest BCUT2D eigenvalue weighted by atomic mass is 31.2. The molecule has 0 saturated carbocycles. The molecule has 9 N–H and O–H groups in total. The van der Waals surface area contributed by atoms with Gasteiger partial charge < -0.3 is 40.3 Å². The molecular formula is C19H22N7O10P. The molecule has 18 heteroatoms. The number of urea groups is 1. The Labute approximate surface area is 207 Å². The molecule has 37 heavy (non-hydrogen) atoms. The van der Waals surface area contributed by atoms with Crippen molar-refractivity contribution in [1.29, 1.82) is 0 Å². The van der Waals surface area contributed by atoms with E-state index in [-0.39, 0.29) is 17.0 Å². The zero-order valence-electron chi connectivity index (χ0n) is 18.6. The van der Waals surface area contributed by atoms with Crippen LogP contribution < -0.4 is 16.6 Å². The fourth-order valence-corrected chi connectivity index (χ4v) is 3.82. The molecule has 0 aliphatic carbocycles. The first-order valence-electron chi connectivity index (χ1n) is 10.3. The molecule has 1 fully saturated rings. The van der Waals surface area contributed by atoms with Crippen LogP contribution in [0.5, 0.6) is 0 Å². The molecule has 0 spiro atoms. The number of nitrogens with zero attached hydrogens (tertiary/aromatic N) is 4. The standard InChI is InChI=1S/C19H22N7O10P/c20-17(27)25-24-14-13-15(22-9-21-14)26(10-23-13)16-19(30,34-7-6-11-4-2-1-3-5-11)18(28,29)12(36-16)8-35-37(31,32)33/h1-7,9-10,12,16,28-30H,8H2,(H3,20,25,27)(H,21,22,24)(H2,31,32,33)/t12-,16-,19-/m1/s1. The van der Waals surface area contributed by atoms with E-state index in [0.717, 1.165) is 23.5 Å². The lowest BCUT2D eigenvalue weighted by atomic mass is 10.0. The van der Waals surface area contributed by atoms with Crippen LogP contribution in [0.25, 0.3) is 17.2 Å². The SMILES string of the molecule is NC(=O)NNc1ncnc2c1ncn2[C@@H]1O[C@H](COP(=O)(O)O)C(O)(O)[C@]1(O)OC=Cc1ccccc1. The summed E-state index contributed by atoms with van der Waals surface area (Å²) in [4.78, 5) is 41.2. The van der Waals surface area contributed by atoms with E-state index in [1.54, 1.807) is 30.3 Å². The first-order valence-corrected chi connectivity index (χ1v) is 11.9. The van der Waals surface area contributed by atoms with Crippen molar-refractivity contribution in [2.45, 2.75) is 23.9 Å². The largest absolute Gasteiger partial charge is 0.469 e. The molecule has 1 saturated heterocycles. The zero-order valence-corrected chi connectivity index (χ0v) is 19.5. The monoisotopic (exact) mass is 539 g/mol. The van der Waals surface area contributed by atoms with E-state index in [0.29, 0.717) is 5.56 Å². The molecule has 1 aliphatic rings. The number of phosphoric acid groups is 1. The second-order valence-corrected chi connectivity index (χ2v) is 8.92. The number of nitrogens with one attached hydrogen (secondary N) is 2. The number of imidazole rings is 1. The van der Waals surface area contributed by atoms with Crippen LogP contribution in [0.3, 0.4) is 0 Å². The number of carbonyl (C=O) groups excluding carboxylic acids is 1. The van der Waals surface area contributed by atoms with Crippen molar-refractivity contribution in [2.24, 2.45) is 5.73 Å². The Balaban J connectivity index is 1.73. The smallest absolute Gasteiger partial charge is 0.460 e. The van der Waals surface area contributed by atoms with Gasteiger partial charge in [0.1, 0.15) is 12.4 Å². The van der Waals surface area contributed by atoms with Crippen LogP contribution in [0.2, 0.25) is 0 Å². The van der Waals surface area contributed by atoms with Gasteiger partial charge in [-0.2, -0.15) is 0 Å². The molecule has 4 rings (SSSR count). The van der Waals surface area contributed by atoms with Crippen LogP contribution in [0, 0.1) is 0 Å². The molecule has 3 aromatic rings. The van der Waals surface area contributed by atoms with Crippen LogP contribution in [0.15, 0.2) is 49.2 Å². The van der Waals surface area contributed by atoms with Crippen molar-refractivity contribution < 1.29 is 48.5 Å². The summed E-state index contributed by atoms with van der Waals surface area (Å²) in [7, 11) is -5.05. The minimum Gasteiger partial charge on any atom is -0.460 e. The Morgan fingerprint density at radius 3 is 2.62 bits per heavy atom. The van der Waals surface area contributed by atoms with Gasteiger partial charge in [-0.1, -0.05) is 30.3 Å². The van der Waals surface area contributed by atoms with Gasteiger partial charge in [0.15, 0.2) is 17.0 Å². The van der Waals surface area contributed by atoms with E-state index in [4.69, 9.17) is 25.0 Å². The Kier molecular flexibility index (Phi) is 7.13. The highest BCUT2D eigenvalue weighted by Gasteiger charge is 2.69. The molecule has 3 atom stereocenters. The van der Waals surface area contributed by atoms with Gasteiger partial charge in [-0.25, -0.2) is 24.3 Å². The van der Waals surface area contributed by atoms with E-state index >= 15 is 0 Å². The highest BCUT2D eigenvalue weighted by molar-refractivity contribution is 7.46. The van der Waals surface area contributed by atoms with Crippen molar-refractivity contribution >= 4 is 36.9 Å². The topological polar surface area (TPSA) is 257 Å². The normalized spacial score (nSPS) is 23.4. The lowest BCUT2D eigenvalue weighted by molar-refractivity contribution is -0.355. The third-order valence-electron chi connectivity index (χ3n) is 5.22. The number of amides is 2. The Morgan fingerprint density at radius 1 is 1.22 bits per heavy atom. The molecule has 1 aromatic carbocycles.